The Bertz CT molecular complexity index is 187. The molecule has 0 aliphatic rings. The number of allylic oxidation sites excluding steroid dienone is 2. The van der Waals surface area contributed by atoms with E-state index < -0.39 is 0 Å². The van der Waals surface area contributed by atoms with E-state index >= 15 is 0 Å². The van der Waals surface area contributed by atoms with Crippen LogP contribution in [0.25, 0.3) is 0 Å². The summed E-state index contributed by atoms with van der Waals surface area (Å²) < 4.78 is 0. The first kappa shape index (κ1) is 12.3. The third kappa shape index (κ3) is 6.44. The first-order chi connectivity index (χ1) is 5.87. The second-order valence-corrected chi connectivity index (χ2v) is 4.50. The Morgan fingerprint density at radius 3 is 2.38 bits per heavy atom. The van der Waals surface area contributed by atoms with Gasteiger partial charge in [0.1, 0.15) is 0 Å². The molecule has 76 valence electrons. The summed E-state index contributed by atoms with van der Waals surface area (Å²) in [5, 5.41) is 3.26. The highest BCUT2D eigenvalue weighted by Gasteiger charge is 2.09. The van der Waals surface area contributed by atoms with Gasteiger partial charge in [0.15, 0.2) is 0 Å². The second-order valence-electron chi connectivity index (χ2n) is 4.50. The van der Waals surface area contributed by atoms with Crippen molar-refractivity contribution in [3.05, 3.63) is 24.4 Å². The zero-order valence-electron chi connectivity index (χ0n) is 9.65. The lowest BCUT2D eigenvalue weighted by molar-refractivity contribution is 0.461. The van der Waals surface area contributed by atoms with Gasteiger partial charge in [0.2, 0.25) is 0 Å². The molecule has 0 bridgehead atoms. The fourth-order valence-electron chi connectivity index (χ4n) is 0.863. The Kier molecular flexibility index (Phi) is 4.82. The summed E-state index contributed by atoms with van der Waals surface area (Å²) in [7, 11) is 0. The van der Waals surface area contributed by atoms with Gasteiger partial charge in [-0.3, -0.25) is 0 Å². The van der Waals surface area contributed by atoms with Crippen molar-refractivity contribution in [1.82, 2.24) is 5.32 Å². The van der Waals surface area contributed by atoms with Gasteiger partial charge in [-0.25, -0.2) is 0 Å². The maximum Gasteiger partial charge on any atom is 0.0266 e. The summed E-state index contributed by atoms with van der Waals surface area (Å²) in [5.41, 5.74) is 1.28. The van der Waals surface area contributed by atoms with Crippen LogP contribution in [0, 0.1) is 5.41 Å². The molecule has 0 heterocycles. The van der Waals surface area contributed by atoms with E-state index in [2.05, 4.69) is 58.7 Å². The molecule has 0 rings (SSSR count). The molecule has 1 nitrogen and oxygen atoms in total. The van der Waals surface area contributed by atoms with Gasteiger partial charge < -0.3 is 5.32 Å². The zero-order valence-corrected chi connectivity index (χ0v) is 9.65. The summed E-state index contributed by atoms with van der Waals surface area (Å²) in [5.74, 6) is 0. The predicted octanol–water partition coefficient (Wildman–Crippen LogP) is 3.49. The standard InChI is InChI=1S/C12H23N/c1-7-12(5,6)9-8-11(4)13-10(2)3/h8-10,13H,4,7H2,1-3,5-6H3/b9-8+. The van der Waals surface area contributed by atoms with E-state index in [1.54, 1.807) is 0 Å². The minimum atomic E-state index is 0.279. The van der Waals surface area contributed by atoms with Crippen LogP contribution in [0.5, 0.6) is 0 Å². The lowest BCUT2D eigenvalue weighted by Crippen LogP contribution is -2.20. The van der Waals surface area contributed by atoms with E-state index in [9.17, 15) is 0 Å². The van der Waals surface area contributed by atoms with Crippen molar-refractivity contribution in [3.63, 3.8) is 0 Å². The fraction of sp³-hybridized carbons (Fsp3) is 0.667. The van der Waals surface area contributed by atoms with Gasteiger partial charge in [0.25, 0.3) is 0 Å². The summed E-state index contributed by atoms with van der Waals surface area (Å²) in [4.78, 5) is 0. The molecule has 13 heavy (non-hydrogen) atoms. The average Bonchev–Trinajstić information content (AvgIpc) is 2.00. The molecule has 0 radical (unpaired) electrons. The third-order valence-electron chi connectivity index (χ3n) is 2.12. The maximum atomic E-state index is 3.93. The minimum absolute atomic E-state index is 0.279. The lowest BCUT2D eigenvalue weighted by Gasteiger charge is -2.17. The largest absolute Gasteiger partial charge is 0.383 e. The molecule has 1 N–H and O–H groups in total. The van der Waals surface area contributed by atoms with Crippen molar-refractivity contribution >= 4 is 0 Å². The molecule has 1 heteroatoms. The van der Waals surface area contributed by atoms with Crippen molar-refractivity contribution in [3.8, 4) is 0 Å². The SMILES string of the molecule is C=C(/C=C/C(C)(C)CC)NC(C)C. The van der Waals surface area contributed by atoms with Crippen LogP contribution in [-0.4, -0.2) is 6.04 Å². The lowest BCUT2D eigenvalue weighted by atomic mass is 9.90. The van der Waals surface area contributed by atoms with Gasteiger partial charge in [-0.05, 0) is 31.8 Å². The van der Waals surface area contributed by atoms with Crippen molar-refractivity contribution in [2.75, 3.05) is 0 Å². The molecule has 0 saturated carbocycles. The minimum Gasteiger partial charge on any atom is -0.383 e. The van der Waals surface area contributed by atoms with Crippen LogP contribution in [0.2, 0.25) is 0 Å². The normalized spacial score (nSPS) is 12.5. The first-order valence-corrected chi connectivity index (χ1v) is 5.02. The molecular formula is C12H23N. The molecule has 0 aromatic heterocycles. The van der Waals surface area contributed by atoms with Crippen molar-refractivity contribution in [2.24, 2.45) is 5.41 Å². The van der Waals surface area contributed by atoms with Crippen LogP contribution in [0.15, 0.2) is 24.4 Å². The maximum absolute atomic E-state index is 3.93. The van der Waals surface area contributed by atoms with E-state index in [0.29, 0.717) is 6.04 Å². The third-order valence-corrected chi connectivity index (χ3v) is 2.12. The molecule has 0 amide bonds. The molecule has 0 aliphatic carbocycles. The van der Waals surface area contributed by atoms with E-state index in [-0.39, 0.29) is 5.41 Å². The number of rotatable bonds is 5. The second kappa shape index (κ2) is 5.11. The number of hydrogen-bond donors (Lipinski definition) is 1. The molecule has 0 spiro atoms. The monoisotopic (exact) mass is 181 g/mol. The predicted molar refractivity (Wildman–Crippen MR) is 60.6 cm³/mol. The van der Waals surface area contributed by atoms with Crippen molar-refractivity contribution in [2.45, 2.75) is 47.1 Å². The van der Waals surface area contributed by atoms with Gasteiger partial charge in [-0.15, -0.1) is 0 Å². The smallest absolute Gasteiger partial charge is 0.0266 e. The molecule has 0 fully saturated rings. The fourth-order valence-corrected chi connectivity index (χ4v) is 0.863. The zero-order chi connectivity index (χ0) is 10.5. The summed E-state index contributed by atoms with van der Waals surface area (Å²) in [6.45, 7) is 14.8. The molecule has 0 saturated heterocycles. The van der Waals surface area contributed by atoms with Crippen LogP contribution in [0.4, 0.5) is 0 Å². The Balaban J connectivity index is 4.04. The van der Waals surface area contributed by atoms with Gasteiger partial charge in [-0.1, -0.05) is 33.4 Å². The van der Waals surface area contributed by atoms with Crippen LogP contribution < -0.4 is 5.32 Å². The molecule has 0 aromatic rings. The van der Waals surface area contributed by atoms with Gasteiger partial charge in [-0.2, -0.15) is 0 Å². The topological polar surface area (TPSA) is 12.0 Å². The molecular weight excluding hydrogens is 158 g/mol. The molecule has 0 aromatic carbocycles. The highest BCUT2D eigenvalue weighted by Crippen LogP contribution is 2.21. The summed E-state index contributed by atoms with van der Waals surface area (Å²) in [6, 6.07) is 0.460. The highest BCUT2D eigenvalue weighted by molar-refractivity contribution is 5.15. The van der Waals surface area contributed by atoms with Gasteiger partial charge in [0, 0.05) is 11.7 Å². The van der Waals surface area contributed by atoms with E-state index in [4.69, 9.17) is 0 Å². The number of nitrogens with one attached hydrogen (secondary N) is 1. The summed E-state index contributed by atoms with van der Waals surface area (Å²) >= 11 is 0. The molecule has 0 aliphatic heterocycles. The van der Waals surface area contributed by atoms with E-state index in [1.165, 1.54) is 0 Å². The Hall–Kier alpha value is -0.720. The van der Waals surface area contributed by atoms with Gasteiger partial charge in [0.05, 0.1) is 0 Å². The van der Waals surface area contributed by atoms with Crippen LogP contribution >= 0.6 is 0 Å². The van der Waals surface area contributed by atoms with Gasteiger partial charge >= 0.3 is 0 Å². The van der Waals surface area contributed by atoms with Crippen molar-refractivity contribution < 1.29 is 0 Å². The number of hydrogen-bond acceptors (Lipinski definition) is 1. The van der Waals surface area contributed by atoms with E-state index in [0.717, 1.165) is 12.1 Å². The van der Waals surface area contributed by atoms with Crippen LogP contribution in [0.1, 0.15) is 41.0 Å². The molecule has 0 unspecified atom stereocenters. The molecule has 0 atom stereocenters. The Morgan fingerprint density at radius 1 is 1.46 bits per heavy atom. The summed E-state index contributed by atoms with van der Waals surface area (Å²) in [6.07, 6.45) is 5.44. The Labute approximate surface area is 82.9 Å². The van der Waals surface area contributed by atoms with Crippen molar-refractivity contribution in [1.29, 1.82) is 0 Å². The van der Waals surface area contributed by atoms with E-state index in [1.807, 2.05) is 0 Å². The average molecular weight is 181 g/mol. The first-order valence-electron chi connectivity index (χ1n) is 5.02. The quantitative estimate of drug-likeness (QED) is 0.640. The Morgan fingerprint density at radius 2 is 2.00 bits per heavy atom. The highest BCUT2D eigenvalue weighted by atomic mass is 14.9. The van der Waals surface area contributed by atoms with Crippen LogP contribution in [0.3, 0.4) is 0 Å². The van der Waals surface area contributed by atoms with Crippen LogP contribution in [-0.2, 0) is 0 Å².